The minimum Gasteiger partial charge on any atom is -0.361 e. The molecule has 1 saturated carbocycles. The largest absolute Gasteiger partial charge is 0.361 e. The van der Waals surface area contributed by atoms with Crippen LogP contribution in [0.5, 0.6) is 0 Å². The predicted octanol–water partition coefficient (Wildman–Crippen LogP) is 3.06. The van der Waals surface area contributed by atoms with E-state index < -0.39 is 0 Å². The van der Waals surface area contributed by atoms with E-state index in [9.17, 15) is 0 Å². The van der Waals surface area contributed by atoms with E-state index in [1.807, 2.05) is 6.20 Å². The maximum atomic E-state index is 3.62. The van der Waals surface area contributed by atoms with Gasteiger partial charge in [0.1, 0.15) is 0 Å². The van der Waals surface area contributed by atoms with Gasteiger partial charge in [-0.05, 0) is 41.5 Å². The second kappa shape index (κ2) is 3.95. The van der Waals surface area contributed by atoms with Gasteiger partial charge in [-0.15, -0.1) is 0 Å². The third-order valence-corrected chi connectivity index (χ3v) is 3.63. The fourth-order valence-electron chi connectivity index (χ4n) is 2.41. The Bertz CT molecular complexity index is 486. The molecule has 0 saturated heterocycles. The Morgan fingerprint density at radius 3 is 3.12 bits per heavy atom. The zero-order valence-corrected chi connectivity index (χ0v) is 9.66. The minimum absolute atomic E-state index is 0.770. The molecule has 0 spiro atoms. The van der Waals surface area contributed by atoms with Crippen LogP contribution in [0, 0.1) is 5.92 Å². The Morgan fingerprint density at radius 1 is 1.38 bits per heavy atom. The highest BCUT2D eigenvalue weighted by atomic mass is 15.0. The molecule has 2 heteroatoms. The summed E-state index contributed by atoms with van der Waals surface area (Å²) >= 11 is 0. The molecule has 2 atom stereocenters. The van der Waals surface area contributed by atoms with E-state index in [0.29, 0.717) is 0 Å². The van der Waals surface area contributed by atoms with E-state index in [2.05, 4.69) is 41.5 Å². The van der Waals surface area contributed by atoms with Gasteiger partial charge in [0.15, 0.2) is 0 Å². The lowest BCUT2D eigenvalue weighted by Gasteiger charge is -2.04. The van der Waals surface area contributed by atoms with Gasteiger partial charge < -0.3 is 10.3 Å². The average molecular weight is 214 g/mol. The number of fused-ring (bicyclic) bond motifs is 1. The van der Waals surface area contributed by atoms with Crippen LogP contribution in [-0.2, 0) is 6.54 Å². The Morgan fingerprint density at radius 2 is 2.31 bits per heavy atom. The smallest absolute Gasteiger partial charge is 0.0454 e. The van der Waals surface area contributed by atoms with Crippen molar-refractivity contribution in [1.29, 1.82) is 0 Å². The van der Waals surface area contributed by atoms with E-state index in [1.54, 1.807) is 0 Å². The van der Waals surface area contributed by atoms with Crippen molar-refractivity contribution in [2.45, 2.75) is 32.4 Å². The van der Waals surface area contributed by atoms with Crippen LogP contribution < -0.4 is 5.32 Å². The highest BCUT2D eigenvalue weighted by Gasteiger charge is 2.34. The van der Waals surface area contributed by atoms with Gasteiger partial charge in [0, 0.05) is 24.3 Å². The molecule has 2 nitrogen and oxygen atoms in total. The first-order chi connectivity index (χ1) is 7.86. The molecule has 0 aliphatic heterocycles. The molecule has 1 aromatic heterocycles. The van der Waals surface area contributed by atoms with Gasteiger partial charge >= 0.3 is 0 Å². The molecule has 16 heavy (non-hydrogen) atoms. The van der Waals surface area contributed by atoms with Crippen LogP contribution in [0.4, 0.5) is 0 Å². The lowest BCUT2D eigenvalue weighted by Crippen LogP contribution is -2.17. The minimum atomic E-state index is 0.770. The van der Waals surface area contributed by atoms with Crippen molar-refractivity contribution in [2.75, 3.05) is 0 Å². The van der Waals surface area contributed by atoms with Crippen LogP contribution in [0.15, 0.2) is 30.5 Å². The second-order valence-corrected chi connectivity index (χ2v) is 4.79. The number of hydrogen-bond acceptors (Lipinski definition) is 1. The number of hydrogen-bond donors (Lipinski definition) is 2. The Labute approximate surface area is 96.1 Å². The molecule has 3 rings (SSSR count). The number of rotatable bonds is 4. The SMILES string of the molecule is CCC1CC1NCc1ccc2[nH]ccc2c1. The molecule has 1 heterocycles. The molecule has 1 aliphatic rings. The Kier molecular flexibility index (Phi) is 2.44. The molecule has 2 N–H and O–H groups in total. The van der Waals surface area contributed by atoms with Crippen molar-refractivity contribution in [3.63, 3.8) is 0 Å². The molecule has 2 aromatic rings. The molecule has 1 aromatic carbocycles. The molecule has 2 unspecified atom stereocenters. The van der Waals surface area contributed by atoms with E-state index in [4.69, 9.17) is 0 Å². The van der Waals surface area contributed by atoms with Crippen molar-refractivity contribution < 1.29 is 0 Å². The summed E-state index contributed by atoms with van der Waals surface area (Å²) in [4.78, 5) is 3.22. The predicted molar refractivity (Wildman–Crippen MR) is 67.3 cm³/mol. The lowest BCUT2D eigenvalue weighted by molar-refractivity contribution is 0.623. The van der Waals surface area contributed by atoms with Gasteiger partial charge in [0.25, 0.3) is 0 Å². The van der Waals surface area contributed by atoms with Crippen LogP contribution in [-0.4, -0.2) is 11.0 Å². The van der Waals surface area contributed by atoms with Crippen LogP contribution in [0.1, 0.15) is 25.3 Å². The van der Waals surface area contributed by atoms with Crippen molar-refractivity contribution in [1.82, 2.24) is 10.3 Å². The normalized spacial score (nSPS) is 23.8. The Balaban J connectivity index is 1.65. The van der Waals surface area contributed by atoms with Gasteiger partial charge in [-0.1, -0.05) is 19.4 Å². The van der Waals surface area contributed by atoms with Crippen LogP contribution in [0.2, 0.25) is 0 Å². The molecule has 0 amide bonds. The summed E-state index contributed by atoms with van der Waals surface area (Å²) in [6, 6.07) is 9.53. The molecule has 0 radical (unpaired) electrons. The number of aromatic nitrogens is 1. The Hall–Kier alpha value is -1.28. The lowest BCUT2D eigenvalue weighted by atomic mass is 10.1. The maximum Gasteiger partial charge on any atom is 0.0454 e. The molecular formula is C14H18N2. The quantitative estimate of drug-likeness (QED) is 0.804. The fraction of sp³-hybridized carbons (Fsp3) is 0.429. The van der Waals surface area contributed by atoms with Gasteiger partial charge in [-0.25, -0.2) is 0 Å². The molecule has 0 bridgehead atoms. The van der Waals surface area contributed by atoms with Crippen LogP contribution >= 0.6 is 0 Å². The highest BCUT2D eigenvalue weighted by Crippen LogP contribution is 2.33. The van der Waals surface area contributed by atoms with E-state index in [-0.39, 0.29) is 0 Å². The van der Waals surface area contributed by atoms with Gasteiger partial charge in [0.2, 0.25) is 0 Å². The van der Waals surface area contributed by atoms with E-state index >= 15 is 0 Å². The molecule has 1 fully saturated rings. The summed E-state index contributed by atoms with van der Waals surface area (Å²) in [5.41, 5.74) is 2.61. The van der Waals surface area contributed by atoms with Gasteiger partial charge in [-0.3, -0.25) is 0 Å². The standard InChI is InChI=1S/C14H18N2/c1-2-11-8-14(11)16-9-10-3-4-13-12(7-10)5-6-15-13/h3-7,11,14-16H,2,8-9H2,1H3. The highest BCUT2D eigenvalue weighted by molar-refractivity contribution is 5.79. The number of benzene rings is 1. The first kappa shape index (κ1) is 9.91. The fourth-order valence-corrected chi connectivity index (χ4v) is 2.41. The van der Waals surface area contributed by atoms with Crippen molar-refractivity contribution in [3.8, 4) is 0 Å². The summed E-state index contributed by atoms with van der Waals surface area (Å²) < 4.78 is 0. The van der Waals surface area contributed by atoms with Crippen molar-refractivity contribution in [3.05, 3.63) is 36.0 Å². The molecular weight excluding hydrogens is 196 g/mol. The second-order valence-electron chi connectivity index (χ2n) is 4.79. The number of nitrogens with one attached hydrogen (secondary N) is 2. The van der Waals surface area contributed by atoms with Crippen molar-refractivity contribution in [2.24, 2.45) is 5.92 Å². The maximum absolute atomic E-state index is 3.62. The third kappa shape index (κ3) is 1.85. The zero-order chi connectivity index (χ0) is 11.0. The zero-order valence-electron chi connectivity index (χ0n) is 9.66. The number of aromatic amines is 1. The van der Waals surface area contributed by atoms with E-state index in [1.165, 1.54) is 29.3 Å². The van der Waals surface area contributed by atoms with Crippen LogP contribution in [0.3, 0.4) is 0 Å². The summed E-state index contributed by atoms with van der Waals surface area (Å²) in [6.07, 6.45) is 4.67. The summed E-state index contributed by atoms with van der Waals surface area (Å²) in [5, 5.41) is 4.93. The first-order valence-corrected chi connectivity index (χ1v) is 6.16. The molecule has 84 valence electrons. The summed E-state index contributed by atoms with van der Waals surface area (Å²) in [6.45, 7) is 3.28. The number of H-pyrrole nitrogens is 1. The van der Waals surface area contributed by atoms with Crippen molar-refractivity contribution >= 4 is 10.9 Å². The van der Waals surface area contributed by atoms with Crippen LogP contribution in [0.25, 0.3) is 10.9 Å². The topological polar surface area (TPSA) is 27.8 Å². The molecule has 1 aliphatic carbocycles. The summed E-state index contributed by atoms with van der Waals surface area (Å²) in [7, 11) is 0. The van der Waals surface area contributed by atoms with Gasteiger partial charge in [0.05, 0.1) is 0 Å². The average Bonchev–Trinajstić information content (AvgIpc) is 2.93. The van der Waals surface area contributed by atoms with E-state index in [0.717, 1.165) is 18.5 Å². The first-order valence-electron chi connectivity index (χ1n) is 6.16. The third-order valence-electron chi connectivity index (χ3n) is 3.63. The monoisotopic (exact) mass is 214 g/mol. The summed E-state index contributed by atoms with van der Waals surface area (Å²) in [5.74, 6) is 0.927. The van der Waals surface area contributed by atoms with Gasteiger partial charge in [-0.2, -0.15) is 0 Å².